The van der Waals surface area contributed by atoms with Crippen LogP contribution in [0.25, 0.3) is 33.5 Å². The van der Waals surface area contributed by atoms with Crippen LogP contribution in [0.5, 0.6) is 0 Å². The van der Waals surface area contributed by atoms with Crippen LogP contribution in [0.3, 0.4) is 0 Å². The number of aromatic nitrogens is 2. The number of nitrogens with one attached hydrogen (secondary N) is 1. The lowest BCUT2D eigenvalue weighted by molar-refractivity contribution is 1.34. The lowest BCUT2D eigenvalue weighted by atomic mass is 9.98. The van der Waals surface area contributed by atoms with Crippen LogP contribution in [0.2, 0.25) is 0 Å². The maximum atomic E-state index is 9.29. The van der Waals surface area contributed by atoms with Crippen LogP contribution >= 0.6 is 0 Å². The Labute approximate surface area is 133 Å². The molecule has 1 aromatic heterocycles. The first kappa shape index (κ1) is 13.3. The lowest BCUT2D eigenvalue weighted by Crippen LogP contribution is -1.86. The quantitative estimate of drug-likeness (QED) is 0.579. The number of fused-ring (bicyclic) bond motifs is 1. The predicted molar refractivity (Wildman–Crippen MR) is 91.7 cm³/mol. The molecule has 0 atom stereocenters. The molecule has 0 amide bonds. The molecule has 3 heteroatoms. The highest BCUT2D eigenvalue weighted by molar-refractivity contribution is 5.81. The third-order valence-electron chi connectivity index (χ3n) is 3.88. The van der Waals surface area contributed by atoms with E-state index in [4.69, 9.17) is 0 Å². The summed E-state index contributed by atoms with van der Waals surface area (Å²) in [4.78, 5) is 7.98. The Balaban J connectivity index is 1.84. The molecule has 0 fully saturated rings. The maximum Gasteiger partial charge on any atom is 0.138 e. The number of hydrogen-bond donors (Lipinski definition) is 1. The number of aromatic amines is 1. The molecule has 23 heavy (non-hydrogen) atoms. The summed E-state index contributed by atoms with van der Waals surface area (Å²) in [5.74, 6) is 0.836. The molecule has 108 valence electrons. The highest BCUT2D eigenvalue weighted by atomic mass is 14.9. The number of rotatable bonds is 2. The summed E-state index contributed by atoms with van der Waals surface area (Å²) in [7, 11) is 0. The molecule has 0 aliphatic rings. The molecule has 0 radical (unpaired) electrons. The molecule has 0 unspecified atom stereocenters. The van der Waals surface area contributed by atoms with E-state index in [2.05, 4.69) is 22.1 Å². The van der Waals surface area contributed by atoms with Gasteiger partial charge in [-0.2, -0.15) is 5.26 Å². The standard InChI is InChI=1S/C20H13N3/c21-13-16-6-1-2-9-17(16)14-7-5-8-15(12-14)20-22-18-10-3-4-11-19(18)23-20/h1-12H,(H,22,23). The van der Waals surface area contributed by atoms with Crippen LogP contribution in [0, 0.1) is 11.3 Å². The van der Waals surface area contributed by atoms with Gasteiger partial charge >= 0.3 is 0 Å². The van der Waals surface area contributed by atoms with Crippen molar-refractivity contribution in [3.8, 4) is 28.6 Å². The Morgan fingerprint density at radius 2 is 1.61 bits per heavy atom. The molecule has 0 saturated heterocycles. The van der Waals surface area contributed by atoms with Gasteiger partial charge in [-0.25, -0.2) is 4.98 Å². The van der Waals surface area contributed by atoms with Gasteiger partial charge in [0, 0.05) is 5.56 Å². The Morgan fingerprint density at radius 1 is 0.826 bits per heavy atom. The first-order valence-electron chi connectivity index (χ1n) is 7.40. The van der Waals surface area contributed by atoms with Crippen LogP contribution in [-0.2, 0) is 0 Å². The van der Waals surface area contributed by atoms with E-state index in [1.165, 1.54) is 0 Å². The molecule has 0 aliphatic carbocycles. The van der Waals surface area contributed by atoms with Crippen molar-refractivity contribution in [1.29, 1.82) is 5.26 Å². The fourth-order valence-electron chi connectivity index (χ4n) is 2.76. The van der Waals surface area contributed by atoms with E-state index in [0.29, 0.717) is 5.56 Å². The van der Waals surface area contributed by atoms with Crippen LogP contribution in [0.1, 0.15) is 5.56 Å². The molecule has 1 N–H and O–H groups in total. The summed E-state index contributed by atoms with van der Waals surface area (Å²) in [6, 6.07) is 26.0. The third-order valence-corrected chi connectivity index (χ3v) is 3.88. The summed E-state index contributed by atoms with van der Waals surface area (Å²) in [6.07, 6.45) is 0. The molecule has 3 nitrogen and oxygen atoms in total. The van der Waals surface area contributed by atoms with Crippen LogP contribution < -0.4 is 0 Å². The number of benzene rings is 3. The zero-order chi connectivity index (χ0) is 15.6. The van der Waals surface area contributed by atoms with Gasteiger partial charge in [-0.1, -0.05) is 48.5 Å². The number of H-pyrrole nitrogens is 1. The molecular weight excluding hydrogens is 282 g/mol. The Morgan fingerprint density at radius 3 is 2.48 bits per heavy atom. The van der Waals surface area contributed by atoms with Gasteiger partial charge in [-0.05, 0) is 35.4 Å². The zero-order valence-electron chi connectivity index (χ0n) is 12.3. The molecule has 0 saturated carbocycles. The average molecular weight is 295 g/mol. The van der Waals surface area contributed by atoms with Gasteiger partial charge in [0.1, 0.15) is 5.82 Å². The number of nitriles is 1. The first-order valence-corrected chi connectivity index (χ1v) is 7.40. The van der Waals surface area contributed by atoms with Gasteiger partial charge in [0.05, 0.1) is 22.7 Å². The summed E-state index contributed by atoms with van der Waals surface area (Å²) < 4.78 is 0. The second kappa shape index (κ2) is 5.43. The Bertz CT molecular complexity index is 1000. The van der Waals surface area contributed by atoms with Gasteiger partial charge in [0.25, 0.3) is 0 Å². The largest absolute Gasteiger partial charge is 0.338 e. The average Bonchev–Trinajstić information content (AvgIpc) is 3.06. The van der Waals surface area contributed by atoms with Gasteiger partial charge in [-0.15, -0.1) is 0 Å². The fraction of sp³-hybridized carbons (Fsp3) is 0. The summed E-state index contributed by atoms with van der Waals surface area (Å²) >= 11 is 0. The van der Waals surface area contributed by atoms with E-state index in [1.54, 1.807) is 0 Å². The van der Waals surface area contributed by atoms with E-state index in [0.717, 1.165) is 33.5 Å². The molecule has 4 rings (SSSR count). The van der Waals surface area contributed by atoms with E-state index in [-0.39, 0.29) is 0 Å². The highest BCUT2D eigenvalue weighted by Gasteiger charge is 2.08. The molecular formula is C20H13N3. The van der Waals surface area contributed by atoms with Crippen LogP contribution in [0.15, 0.2) is 72.8 Å². The molecule has 0 aliphatic heterocycles. The van der Waals surface area contributed by atoms with E-state index < -0.39 is 0 Å². The van der Waals surface area contributed by atoms with Crippen molar-refractivity contribution < 1.29 is 0 Å². The monoisotopic (exact) mass is 295 g/mol. The normalized spacial score (nSPS) is 10.6. The van der Waals surface area contributed by atoms with Crippen molar-refractivity contribution in [3.05, 3.63) is 78.4 Å². The second-order valence-electron chi connectivity index (χ2n) is 5.34. The van der Waals surface area contributed by atoms with Crippen molar-refractivity contribution >= 4 is 11.0 Å². The highest BCUT2D eigenvalue weighted by Crippen LogP contribution is 2.28. The summed E-state index contributed by atoms with van der Waals surface area (Å²) in [6.45, 7) is 0. The van der Waals surface area contributed by atoms with Gasteiger partial charge in [0.15, 0.2) is 0 Å². The summed E-state index contributed by atoms with van der Waals surface area (Å²) in [5, 5.41) is 9.29. The van der Waals surface area contributed by atoms with E-state index >= 15 is 0 Å². The topological polar surface area (TPSA) is 52.5 Å². The maximum absolute atomic E-state index is 9.29. The zero-order valence-corrected chi connectivity index (χ0v) is 12.3. The van der Waals surface area contributed by atoms with Crippen molar-refractivity contribution in [2.24, 2.45) is 0 Å². The van der Waals surface area contributed by atoms with Crippen molar-refractivity contribution in [1.82, 2.24) is 9.97 Å². The van der Waals surface area contributed by atoms with E-state index in [1.807, 2.05) is 66.7 Å². The lowest BCUT2D eigenvalue weighted by Gasteiger charge is -2.05. The fourth-order valence-corrected chi connectivity index (χ4v) is 2.76. The SMILES string of the molecule is N#Cc1ccccc1-c1cccc(-c2nc3ccccc3[nH]2)c1. The number of nitrogens with zero attached hydrogens (tertiary/aromatic N) is 2. The Kier molecular flexibility index (Phi) is 3.14. The smallest absolute Gasteiger partial charge is 0.138 e. The molecule has 3 aromatic carbocycles. The van der Waals surface area contributed by atoms with Gasteiger partial charge < -0.3 is 4.98 Å². The minimum atomic E-state index is 0.675. The number of hydrogen-bond acceptors (Lipinski definition) is 2. The minimum absolute atomic E-state index is 0.675. The second-order valence-corrected chi connectivity index (χ2v) is 5.34. The molecule has 4 aromatic rings. The van der Waals surface area contributed by atoms with Crippen molar-refractivity contribution in [2.75, 3.05) is 0 Å². The van der Waals surface area contributed by atoms with Crippen LogP contribution in [-0.4, -0.2) is 9.97 Å². The van der Waals surface area contributed by atoms with E-state index in [9.17, 15) is 5.26 Å². The van der Waals surface area contributed by atoms with Crippen molar-refractivity contribution in [3.63, 3.8) is 0 Å². The predicted octanol–water partition coefficient (Wildman–Crippen LogP) is 4.77. The molecule has 0 spiro atoms. The number of para-hydroxylation sites is 2. The molecule has 0 bridgehead atoms. The number of imidazole rings is 1. The van der Waals surface area contributed by atoms with Gasteiger partial charge in [0.2, 0.25) is 0 Å². The van der Waals surface area contributed by atoms with Crippen LogP contribution in [0.4, 0.5) is 0 Å². The Hall–Kier alpha value is -3.38. The van der Waals surface area contributed by atoms with Gasteiger partial charge in [-0.3, -0.25) is 0 Å². The molecule has 1 heterocycles. The summed E-state index contributed by atoms with van der Waals surface area (Å²) in [5.41, 5.74) is 5.60. The first-order chi connectivity index (χ1) is 11.3. The third kappa shape index (κ3) is 2.37. The van der Waals surface area contributed by atoms with Crippen molar-refractivity contribution in [2.45, 2.75) is 0 Å². The minimum Gasteiger partial charge on any atom is -0.338 e.